The Kier molecular flexibility index (Phi) is 3.05. The molecule has 0 aromatic rings. The Hall–Kier alpha value is -0.770. The predicted molar refractivity (Wildman–Crippen MR) is 57.6 cm³/mol. The number of alkyl carbamates (subject to hydrolysis) is 1. The summed E-state index contributed by atoms with van der Waals surface area (Å²) in [7, 11) is 0. The van der Waals surface area contributed by atoms with Crippen molar-refractivity contribution < 1.29 is 17.4 Å². The lowest BCUT2D eigenvalue weighted by Crippen LogP contribution is -2.41. The molecule has 1 rings (SSSR count). The molecule has 1 saturated carbocycles. The molecule has 1 amide bonds. The highest BCUT2D eigenvalue weighted by molar-refractivity contribution is 5.68. The monoisotopic (exact) mass is 217 g/mol. The second-order valence-electron chi connectivity index (χ2n) is 4.92. The quantitative estimate of drug-likeness (QED) is 0.739. The van der Waals surface area contributed by atoms with E-state index in [1.165, 1.54) is 0 Å². The number of hydrogen-bond donors (Lipinski definition) is 2. The summed E-state index contributed by atoms with van der Waals surface area (Å²) in [4.78, 5) is 11.5. The number of aliphatic hydroxyl groups is 1. The number of ether oxygens (including phenoxy) is 1. The van der Waals surface area contributed by atoms with E-state index in [1.54, 1.807) is 20.8 Å². The van der Waals surface area contributed by atoms with Gasteiger partial charge >= 0.3 is 6.09 Å². The first-order valence-corrected chi connectivity index (χ1v) is 5.31. The number of rotatable bonds is 2. The van der Waals surface area contributed by atoms with Crippen LogP contribution in [-0.4, -0.2) is 29.4 Å². The Morgan fingerprint density at radius 2 is 2.27 bits per heavy atom. The zero-order valence-corrected chi connectivity index (χ0v) is 9.54. The molecule has 4 heteroatoms. The molecule has 0 aliphatic heterocycles. The molecule has 1 aliphatic rings. The first-order valence-electron chi connectivity index (χ1n) is 6.31. The largest absolute Gasteiger partial charge is 0.444 e. The molecule has 4 nitrogen and oxygen atoms in total. The summed E-state index contributed by atoms with van der Waals surface area (Å²) in [5.74, 6) is -0.560. The van der Waals surface area contributed by atoms with Crippen LogP contribution in [0.15, 0.2) is 0 Å². The van der Waals surface area contributed by atoms with Gasteiger partial charge < -0.3 is 15.2 Å². The van der Waals surface area contributed by atoms with Gasteiger partial charge in [0.15, 0.2) is 0 Å². The lowest BCUT2D eigenvalue weighted by Gasteiger charge is -2.23. The summed E-state index contributed by atoms with van der Waals surface area (Å²) in [6, 6.07) is -0.357. The van der Waals surface area contributed by atoms with E-state index in [1.807, 2.05) is 0 Å². The maximum atomic E-state index is 11.5. The summed E-state index contributed by atoms with van der Waals surface area (Å²) >= 11 is 0. The maximum Gasteiger partial charge on any atom is 0.407 e. The van der Waals surface area contributed by atoms with Gasteiger partial charge in [-0.2, -0.15) is 0 Å². The van der Waals surface area contributed by atoms with Gasteiger partial charge in [0.2, 0.25) is 0 Å². The van der Waals surface area contributed by atoms with Crippen molar-refractivity contribution in [1.29, 1.82) is 0 Å². The summed E-state index contributed by atoms with van der Waals surface area (Å²) in [5, 5.41) is 12.0. The molecule has 0 radical (unpaired) electrons. The molecule has 2 atom stereocenters. The SMILES string of the molecule is [2H]C([2H])(O)[C@H]1CCC[C@@H]1NC(=O)OC(C)(C)C. The molecule has 1 fully saturated rings. The van der Waals surface area contributed by atoms with Gasteiger partial charge in [-0.05, 0) is 33.6 Å². The van der Waals surface area contributed by atoms with Gasteiger partial charge in [0.05, 0.1) is 2.74 Å². The van der Waals surface area contributed by atoms with Crippen molar-refractivity contribution in [3.63, 3.8) is 0 Å². The third kappa shape index (κ3) is 4.08. The molecule has 88 valence electrons. The van der Waals surface area contributed by atoms with Crippen LogP contribution in [0.3, 0.4) is 0 Å². The van der Waals surface area contributed by atoms with Crippen molar-refractivity contribution in [2.45, 2.75) is 51.7 Å². The lowest BCUT2D eigenvalue weighted by molar-refractivity contribution is 0.0483. The van der Waals surface area contributed by atoms with Crippen LogP contribution in [0.2, 0.25) is 0 Å². The molecular weight excluding hydrogens is 194 g/mol. The van der Waals surface area contributed by atoms with Crippen molar-refractivity contribution in [2.24, 2.45) is 5.92 Å². The van der Waals surface area contributed by atoms with Crippen LogP contribution in [0.4, 0.5) is 4.79 Å². The lowest BCUT2D eigenvalue weighted by atomic mass is 10.1. The molecular formula is C11H21NO3. The van der Waals surface area contributed by atoms with Crippen molar-refractivity contribution in [3.8, 4) is 0 Å². The average Bonchev–Trinajstić information content (AvgIpc) is 2.46. The minimum atomic E-state index is -2.25. The van der Waals surface area contributed by atoms with Gasteiger partial charge in [-0.3, -0.25) is 0 Å². The molecule has 0 aromatic heterocycles. The third-order valence-electron chi connectivity index (χ3n) is 2.38. The second kappa shape index (κ2) is 4.84. The fraction of sp³-hybridized carbons (Fsp3) is 0.909. The Balaban J connectivity index is 2.54. The number of nitrogens with one attached hydrogen (secondary N) is 1. The van der Waals surface area contributed by atoms with E-state index < -0.39 is 24.2 Å². The number of hydrogen-bond acceptors (Lipinski definition) is 3. The summed E-state index contributed by atoms with van der Waals surface area (Å²) in [6.07, 6.45) is 1.48. The average molecular weight is 217 g/mol. The molecule has 0 bridgehead atoms. The summed E-state index contributed by atoms with van der Waals surface area (Å²) < 4.78 is 19.7. The van der Waals surface area contributed by atoms with Gasteiger partial charge in [0, 0.05) is 18.5 Å². The molecule has 0 saturated heterocycles. The highest BCUT2D eigenvalue weighted by atomic mass is 16.6. The van der Waals surface area contributed by atoms with E-state index in [0.29, 0.717) is 12.8 Å². The van der Waals surface area contributed by atoms with E-state index in [4.69, 9.17) is 7.48 Å². The number of carbonyl (C=O) groups is 1. The van der Waals surface area contributed by atoms with Crippen LogP contribution in [0, 0.1) is 5.92 Å². The summed E-state index contributed by atoms with van der Waals surface area (Å²) in [5.41, 5.74) is -0.573. The van der Waals surface area contributed by atoms with Crippen molar-refractivity contribution in [3.05, 3.63) is 0 Å². The van der Waals surface area contributed by atoms with Crippen LogP contribution in [0.25, 0.3) is 0 Å². The highest BCUT2D eigenvalue weighted by Gasteiger charge is 2.29. The van der Waals surface area contributed by atoms with Crippen LogP contribution in [0.5, 0.6) is 0 Å². The van der Waals surface area contributed by atoms with E-state index in [0.717, 1.165) is 6.42 Å². The van der Waals surface area contributed by atoms with E-state index >= 15 is 0 Å². The van der Waals surface area contributed by atoms with E-state index in [9.17, 15) is 9.90 Å². The van der Waals surface area contributed by atoms with E-state index in [2.05, 4.69) is 5.32 Å². The normalized spacial score (nSPS) is 29.3. The van der Waals surface area contributed by atoms with Crippen LogP contribution in [0.1, 0.15) is 42.8 Å². The Labute approximate surface area is 93.8 Å². The van der Waals surface area contributed by atoms with E-state index in [-0.39, 0.29) is 6.04 Å². The van der Waals surface area contributed by atoms with Gasteiger partial charge in [0.1, 0.15) is 5.60 Å². The van der Waals surface area contributed by atoms with Crippen LogP contribution in [-0.2, 0) is 4.74 Å². The zero-order chi connectivity index (χ0) is 13.3. The Morgan fingerprint density at radius 3 is 2.80 bits per heavy atom. The minimum Gasteiger partial charge on any atom is -0.444 e. The van der Waals surface area contributed by atoms with Gasteiger partial charge in [-0.15, -0.1) is 0 Å². The molecule has 0 unspecified atom stereocenters. The molecule has 0 heterocycles. The Morgan fingerprint density at radius 1 is 1.60 bits per heavy atom. The molecule has 0 spiro atoms. The fourth-order valence-electron chi connectivity index (χ4n) is 1.75. The standard InChI is InChI=1S/C11H21NO3/c1-11(2,3)15-10(14)12-9-6-4-5-8(9)7-13/h8-9,13H,4-7H2,1-3H3,(H,12,14)/t8-,9+/m1/s1/i7D2. The first kappa shape index (κ1) is 9.46. The molecule has 1 aliphatic carbocycles. The van der Waals surface area contributed by atoms with Gasteiger partial charge in [0.25, 0.3) is 0 Å². The summed E-state index contributed by atoms with van der Waals surface area (Å²) in [6.45, 7) is 3.05. The number of amides is 1. The third-order valence-corrected chi connectivity index (χ3v) is 2.38. The molecule has 0 aromatic carbocycles. The number of carbonyl (C=O) groups excluding carboxylic acids is 1. The van der Waals surface area contributed by atoms with Gasteiger partial charge in [-0.25, -0.2) is 4.79 Å². The maximum absolute atomic E-state index is 11.5. The highest BCUT2D eigenvalue weighted by Crippen LogP contribution is 2.25. The fourth-order valence-corrected chi connectivity index (χ4v) is 1.75. The topological polar surface area (TPSA) is 58.6 Å². The van der Waals surface area contributed by atoms with Crippen molar-refractivity contribution in [2.75, 3.05) is 6.56 Å². The second-order valence-corrected chi connectivity index (χ2v) is 4.92. The smallest absolute Gasteiger partial charge is 0.407 e. The predicted octanol–water partition coefficient (Wildman–Crippen LogP) is 1.67. The first-order chi connectivity index (χ1) is 7.59. The van der Waals surface area contributed by atoms with Crippen LogP contribution < -0.4 is 5.32 Å². The molecule has 2 N–H and O–H groups in total. The minimum absolute atomic E-state index is 0.357. The zero-order valence-electron chi connectivity index (χ0n) is 11.5. The van der Waals surface area contributed by atoms with Gasteiger partial charge in [-0.1, -0.05) is 6.42 Å². The Bertz CT molecular complexity index is 283. The molecule has 15 heavy (non-hydrogen) atoms. The van der Waals surface area contributed by atoms with Crippen molar-refractivity contribution in [1.82, 2.24) is 5.32 Å². The van der Waals surface area contributed by atoms with Crippen LogP contribution >= 0.6 is 0 Å². The van der Waals surface area contributed by atoms with Crippen molar-refractivity contribution >= 4 is 6.09 Å².